The molecule has 1 aliphatic carbocycles. The summed E-state index contributed by atoms with van der Waals surface area (Å²) in [5.74, 6) is -0.757. The fourth-order valence-electron chi connectivity index (χ4n) is 2.85. The lowest BCUT2D eigenvalue weighted by atomic mass is 9.83. The van der Waals surface area contributed by atoms with Crippen molar-refractivity contribution < 1.29 is 14.7 Å². The van der Waals surface area contributed by atoms with Gasteiger partial charge in [-0.2, -0.15) is 0 Å². The first-order valence-corrected chi connectivity index (χ1v) is 7.19. The molecular formula is C16H21NO3. The first kappa shape index (κ1) is 14.7. The second-order valence-electron chi connectivity index (χ2n) is 5.53. The lowest BCUT2D eigenvalue weighted by Gasteiger charge is -2.22. The molecule has 0 aromatic heterocycles. The van der Waals surface area contributed by atoms with Gasteiger partial charge in [-0.05, 0) is 24.3 Å². The van der Waals surface area contributed by atoms with E-state index in [2.05, 4.69) is 0 Å². The van der Waals surface area contributed by atoms with Crippen LogP contribution in [0.3, 0.4) is 0 Å². The molecular weight excluding hydrogens is 254 g/mol. The van der Waals surface area contributed by atoms with Gasteiger partial charge in [0, 0.05) is 5.56 Å². The average Bonchev–Trinajstić information content (AvgIpc) is 2.47. The van der Waals surface area contributed by atoms with Gasteiger partial charge in [-0.25, -0.2) is 0 Å². The number of aliphatic carboxylic acids is 1. The maximum atomic E-state index is 12.0. The minimum atomic E-state index is -1.05. The van der Waals surface area contributed by atoms with Crippen molar-refractivity contribution in [3.05, 3.63) is 35.4 Å². The number of carbonyl (C=O) groups excluding carboxylic acids is 1. The Morgan fingerprint density at radius 1 is 1.15 bits per heavy atom. The van der Waals surface area contributed by atoms with Crippen molar-refractivity contribution in [1.82, 2.24) is 0 Å². The van der Waals surface area contributed by atoms with Crippen LogP contribution in [-0.4, -0.2) is 22.9 Å². The van der Waals surface area contributed by atoms with E-state index in [9.17, 15) is 9.59 Å². The lowest BCUT2D eigenvalue weighted by molar-refractivity contribution is -0.137. The molecule has 0 bridgehead atoms. The van der Waals surface area contributed by atoms with E-state index in [1.54, 1.807) is 12.1 Å². The summed E-state index contributed by atoms with van der Waals surface area (Å²) in [5, 5.41) is 8.66. The quantitative estimate of drug-likeness (QED) is 0.810. The molecule has 0 amide bonds. The van der Waals surface area contributed by atoms with E-state index in [0.29, 0.717) is 11.5 Å². The molecule has 1 atom stereocenters. The molecule has 0 saturated heterocycles. The van der Waals surface area contributed by atoms with Crippen LogP contribution >= 0.6 is 0 Å². The van der Waals surface area contributed by atoms with E-state index in [1.807, 2.05) is 12.1 Å². The van der Waals surface area contributed by atoms with Crippen LogP contribution in [0.1, 0.15) is 60.4 Å². The Bertz CT molecular complexity index is 475. The fourth-order valence-corrected chi connectivity index (χ4v) is 2.85. The Hall–Kier alpha value is -1.68. The normalized spacial score (nSPS) is 17.6. The Morgan fingerprint density at radius 2 is 1.75 bits per heavy atom. The average molecular weight is 275 g/mol. The zero-order valence-electron chi connectivity index (χ0n) is 11.5. The highest BCUT2D eigenvalue weighted by atomic mass is 16.4. The van der Waals surface area contributed by atoms with Crippen LogP contribution in [0.25, 0.3) is 0 Å². The topological polar surface area (TPSA) is 80.4 Å². The van der Waals surface area contributed by atoms with Crippen LogP contribution in [0.15, 0.2) is 24.3 Å². The van der Waals surface area contributed by atoms with E-state index in [0.717, 1.165) is 0 Å². The van der Waals surface area contributed by atoms with E-state index in [4.69, 9.17) is 10.8 Å². The third kappa shape index (κ3) is 3.67. The smallest absolute Gasteiger partial charge is 0.305 e. The highest BCUT2D eigenvalue weighted by molar-refractivity contribution is 6.01. The molecule has 0 aliphatic heterocycles. The Kier molecular flexibility index (Phi) is 4.90. The molecule has 0 heterocycles. The number of hydrogen-bond acceptors (Lipinski definition) is 3. The van der Waals surface area contributed by atoms with Crippen molar-refractivity contribution in [2.24, 2.45) is 5.73 Å². The van der Waals surface area contributed by atoms with Crippen LogP contribution in [0, 0.1) is 0 Å². The highest BCUT2D eigenvalue weighted by Gasteiger charge is 2.20. The molecule has 1 saturated carbocycles. The van der Waals surface area contributed by atoms with Gasteiger partial charge in [-0.15, -0.1) is 0 Å². The number of carboxylic acid groups (broad SMARTS) is 1. The van der Waals surface area contributed by atoms with Gasteiger partial charge in [0.1, 0.15) is 0 Å². The molecule has 4 nitrogen and oxygen atoms in total. The van der Waals surface area contributed by atoms with Crippen molar-refractivity contribution in [3.8, 4) is 0 Å². The molecule has 4 heteroatoms. The summed E-state index contributed by atoms with van der Waals surface area (Å²) in [5.41, 5.74) is 7.37. The highest BCUT2D eigenvalue weighted by Crippen LogP contribution is 2.32. The van der Waals surface area contributed by atoms with Gasteiger partial charge in [0.05, 0.1) is 12.5 Å². The fraction of sp³-hybridized carbons (Fsp3) is 0.500. The van der Waals surface area contributed by atoms with E-state index < -0.39 is 12.0 Å². The summed E-state index contributed by atoms with van der Waals surface area (Å²) in [6.07, 6.45) is 5.96. The minimum absolute atomic E-state index is 0.303. The molecule has 1 unspecified atom stereocenters. The zero-order valence-corrected chi connectivity index (χ0v) is 11.5. The lowest BCUT2D eigenvalue weighted by Crippen LogP contribution is -2.32. The summed E-state index contributed by atoms with van der Waals surface area (Å²) in [6.45, 7) is 0. The molecule has 108 valence electrons. The van der Waals surface area contributed by atoms with Crippen molar-refractivity contribution in [2.45, 2.75) is 50.5 Å². The number of nitrogens with two attached hydrogens (primary N) is 1. The number of ketones is 1. The van der Waals surface area contributed by atoms with Crippen LogP contribution < -0.4 is 5.73 Å². The standard InChI is InChI=1S/C16H21NO3/c17-14(10-15(18)19)16(20)13-8-6-12(7-9-13)11-4-2-1-3-5-11/h6-9,11,14H,1-5,10,17H2,(H,18,19). The molecule has 1 aromatic carbocycles. The molecule has 0 radical (unpaired) electrons. The van der Waals surface area contributed by atoms with Gasteiger partial charge in [-0.3, -0.25) is 9.59 Å². The third-order valence-corrected chi connectivity index (χ3v) is 4.00. The van der Waals surface area contributed by atoms with Gasteiger partial charge in [-0.1, -0.05) is 43.5 Å². The largest absolute Gasteiger partial charge is 0.481 e. The number of carbonyl (C=O) groups is 2. The number of rotatable bonds is 5. The SMILES string of the molecule is NC(CC(=O)O)C(=O)c1ccc(C2CCCCC2)cc1. The molecule has 3 N–H and O–H groups in total. The summed E-state index contributed by atoms with van der Waals surface area (Å²) < 4.78 is 0. The molecule has 1 aliphatic rings. The maximum absolute atomic E-state index is 12.0. The number of benzene rings is 1. The summed E-state index contributed by atoms with van der Waals surface area (Å²) in [6, 6.07) is 6.54. The predicted molar refractivity (Wildman–Crippen MR) is 76.8 cm³/mol. The van der Waals surface area contributed by atoms with Crippen LogP contribution in [0.5, 0.6) is 0 Å². The van der Waals surface area contributed by atoms with Gasteiger partial charge in [0.25, 0.3) is 0 Å². The molecule has 0 spiro atoms. The van der Waals surface area contributed by atoms with Gasteiger partial charge < -0.3 is 10.8 Å². The Balaban J connectivity index is 2.03. The molecule has 1 fully saturated rings. The van der Waals surface area contributed by atoms with Crippen LogP contribution in [-0.2, 0) is 4.79 Å². The van der Waals surface area contributed by atoms with Crippen LogP contribution in [0.2, 0.25) is 0 Å². The van der Waals surface area contributed by atoms with Gasteiger partial charge in [0.2, 0.25) is 0 Å². The van der Waals surface area contributed by atoms with E-state index >= 15 is 0 Å². The third-order valence-electron chi connectivity index (χ3n) is 4.00. The molecule has 2 rings (SSSR count). The Morgan fingerprint density at radius 3 is 2.30 bits per heavy atom. The van der Waals surface area contributed by atoms with Crippen molar-refractivity contribution in [3.63, 3.8) is 0 Å². The van der Waals surface area contributed by atoms with E-state index in [-0.39, 0.29) is 12.2 Å². The number of carboxylic acids is 1. The second-order valence-corrected chi connectivity index (χ2v) is 5.53. The number of Topliss-reactive ketones (excluding diaryl/α,β-unsaturated/α-hetero) is 1. The Labute approximate surface area is 119 Å². The maximum Gasteiger partial charge on any atom is 0.305 e. The minimum Gasteiger partial charge on any atom is -0.481 e. The predicted octanol–water partition coefficient (Wildman–Crippen LogP) is 2.72. The van der Waals surface area contributed by atoms with Crippen LogP contribution in [0.4, 0.5) is 0 Å². The summed E-state index contributed by atoms with van der Waals surface area (Å²) in [7, 11) is 0. The van der Waals surface area contributed by atoms with Crippen molar-refractivity contribution >= 4 is 11.8 Å². The zero-order chi connectivity index (χ0) is 14.5. The number of hydrogen-bond donors (Lipinski definition) is 2. The van der Waals surface area contributed by atoms with Crippen molar-refractivity contribution in [1.29, 1.82) is 0 Å². The van der Waals surface area contributed by atoms with Gasteiger partial charge in [0.15, 0.2) is 5.78 Å². The van der Waals surface area contributed by atoms with E-state index in [1.165, 1.54) is 37.7 Å². The monoisotopic (exact) mass is 275 g/mol. The first-order valence-electron chi connectivity index (χ1n) is 7.19. The molecule has 20 heavy (non-hydrogen) atoms. The summed E-state index contributed by atoms with van der Waals surface area (Å²) >= 11 is 0. The summed E-state index contributed by atoms with van der Waals surface area (Å²) in [4.78, 5) is 22.6. The van der Waals surface area contributed by atoms with Gasteiger partial charge >= 0.3 is 5.97 Å². The first-order chi connectivity index (χ1) is 9.58. The van der Waals surface area contributed by atoms with Crippen molar-refractivity contribution in [2.75, 3.05) is 0 Å². The molecule has 1 aromatic rings. The second kappa shape index (κ2) is 6.66.